The Labute approximate surface area is 110 Å². The average Bonchev–Trinajstić information content (AvgIpc) is 2.37. The van der Waals surface area contributed by atoms with Crippen LogP contribution in [0.1, 0.15) is 21.5 Å². The number of benzene rings is 2. The van der Waals surface area contributed by atoms with Crippen molar-refractivity contribution in [2.75, 3.05) is 5.32 Å². The van der Waals surface area contributed by atoms with Crippen LogP contribution in [0.3, 0.4) is 0 Å². The molecule has 0 saturated carbocycles. The molecule has 2 N–H and O–H groups in total. The van der Waals surface area contributed by atoms with Gasteiger partial charge in [-0.15, -0.1) is 0 Å². The monoisotopic (exact) mass is 259 g/mol. The molecule has 0 bridgehead atoms. The first-order valence-corrected chi connectivity index (χ1v) is 5.89. The van der Waals surface area contributed by atoms with E-state index in [4.69, 9.17) is 5.11 Å². The van der Waals surface area contributed by atoms with Gasteiger partial charge in [-0.3, -0.25) is 0 Å². The normalized spacial score (nSPS) is 10.2. The molecule has 0 aliphatic carbocycles. The summed E-state index contributed by atoms with van der Waals surface area (Å²) in [5, 5.41) is 12.2. The van der Waals surface area contributed by atoms with Gasteiger partial charge in [-0.25, -0.2) is 9.18 Å². The molecule has 4 heteroatoms. The number of anilines is 1. The average molecular weight is 259 g/mol. The van der Waals surface area contributed by atoms with Crippen LogP contribution in [0.25, 0.3) is 0 Å². The number of nitrogens with one attached hydrogen (secondary N) is 1. The zero-order chi connectivity index (χ0) is 13.8. The third-order valence-corrected chi connectivity index (χ3v) is 2.86. The summed E-state index contributed by atoms with van der Waals surface area (Å²) in [4.78, 5) is 11.1. The van der Waals surface area contributed by atoms with Crippen molar-refractivity contribution < 1.29 is 14.3 Å². The van der Waals surface area contributed by atoms with Crippen LogP contribution in [-0.4, -0.2) is 11.1 Å². The van der Waals surface area contributed by atoms with Gasteiger partial charge in [0.25, 0.3) is 0 Å². The maximum atomic E-state index is 13.1. The van der Waals surface area contributed by atoms with Crippen molar-refractivity contribution in [2.45, 2.75) is 13.5 Å². The SMILES string of the molecule is Cc1cccc(C(=O)O)c1NCc1cccc(F)c1. The van der Waals surface area contributed by atoms with E-state index in [-0.39, 0.29) is 11.4 Å². The highest BCUT2D eigenvalue weighted by Gasteiger charge is 2.11. The number of hydrogen-bond donors (Lipinski definition) is 2. The largest absolute Gasteiger partial charge is 0.478 e. The highest BCUT2D eigenvalue weighted by Crippen LogP contribution is 2.21. The molecule has 0 atom stereocenters. The molecule has 0 aromatic heterocycles. The van der Waals surface area contributed by atoms with E-state index in [2.05, 4.69) is 5.32 Å². The maximum Gasteiger partial charge on any atom is 0.337 e. The third-order valence-electron chi connectivity index (χ3n) is 2.86. The Morgan fingerprint density at radius 2 is 2.00 bits per heavy atom. The van der Waals surface area contributed by atoms with E-state index in [9.17, 15) is 9.18 Å². The standard InChI is InChI=1S/C15H14FNO2/c1-10-4-2-7-13(15(18)19)14(10)17-9-11-5-3-6-12(16)8-11/h2-8,17H,9H2,1H3,(H,18,19). The molecule has 0 radical (unpaired) electrons. The summed E-state index contributed by atoms with van der Waals surface area (Å²) in [7, 11) is 0. The van der Waals surface area contributed by atoms with Gasteiger partial charge in [-0.1, -0.05) is 24.3 Å². The van der Waals surface area contributed by atoms with Gasteiger partial charge in [-0.05, 0) is 36.2 Å². The van der Waals surface area contributed by atoms with Crippen LogP contribution < -0.4 is 5.32 Å². The number of aromatic carboxylic acids is 1. The fourth-order valence-corrected chi connectivity index (χ4v) is 1.92. The molecule has 0 heterocycles. The molecule has 19 heavy (non-hydrogen) atoms. The lowest BCUT2D eigenvalue weighted by Crippen LogP contribution is -2.08. The van der Waals surface area contributed by atoms with Gasteiger partial charge in [0.2, 0.25) is 0 Å². The summed E-state index contributed by atoms with van der Waals surface area (Å²) in [6.07, 6.45) is 0. The summed E-state index contributed by atoms with van der Waals surface area (Å²) in [5.41, 5.74) is 2.39. The van der Waals surface area contributed by atoms with Gasteiger partial charge in [0.1, 0.15) is 5.82 Å². The second-order valence-electron chi connectivity index (χ2n) is 4.29. The first-order valence-electron chi connectivity index (χ1n) is 5.89. The summed E-state index contributed by atoms with van der Waals surface area (Å²) >= 11 is 0. The van der Waals surface area contributed by atoms with E-state index in [0.717, 1.165) is 11.1 Å². The number of carboxylic acid groups (broad SMARTS) is 1. The maximum absolute atomic E-state index is 13.1. The van der Waals surface area contributed by atoms with Gasteiger partial charge < -0.3 is 10.4 Å². The van der Waals surface area contributed by atoms with Crippen LogP contribution in [0.5, 0.6) is 0 Å². The molecule has 2 rings (SSSR count). The zero-order valence-corrected chi connectivity index (χ0v) is 10.5. The lowest BCUT2D eigenvalue weighted by molar-refractivity contribution is 0.0698. The van der Waals surface area contributed by atoms with E-state index in [1.165, 1.54) is 12.1 Å². The number of carboxylic acids is 1. The molecule has 3 nitrogen and oxygen atoms in total. The Morgan fingerprint density at radius 1 is 1.26 bits per heavy atom. The van der Waals surface area contributed by atoms with Crippen LogP contribution in [0, 0.1) is 12.7 Å². The van der Waals surface area contributed by atoms with Crippen LogP contribution in [0.2, 0.25) is 0 Å². The van der Waals surface area contributed by atoms with Crippen molar-refractivity contribution in [3.8, 4) is 0 Å². The summed E-state index contributed by atoms with van der Waals surface area (Å²) in [6.45, 7) is 2.21. The van der Waals surface area contributed by atoms with Gasteiger partial charge in [0, 0.05) is 6.54 Å². The Kier molecular flexibility index (Phi) is 3.80. The van der Waals surface area contributed by atoms with Crippen LogP contribution in [0.15, 0.2) is 42.5 Å². The van der Waals surface area contributed by atoms with Crippen molar-refractivity contribution in [1.29, 1.82) is 0 Å². The number of aryl methyl sites for hydroxylation is 1. The topological polar surface area (TPSA) is 49.3 Å². The zero-order valence-electron chi connectivity index (χ0n) is 10.5. The first-order chi connectivity index (χ1) is 9.08. The highest BCUT2D eigenvalue weighted by atomic mass is 19.1. The van der Waals surface area contributed by atoms with Gasteiger partial charge in [-0.2, -0.15) is 0 Å². The molecule has 0 fully saturated rings. The number of hydrogen-bond acceptors (Lipinski definition) is 2. The van der Waals surface area contributed by atoms with Gasteiger partial charge >= 0.3 is 5.97 Å². The smallest absolute Gasteiger partial charge is 0.337 e. The Bertz CT molecular complexity index is 611. The fourth-order valence-electron chi connectivity index (χ4n) is 1.92. The molecule has 0 aliphatic rings. The molecule has 0 amide bonds. The lowest BCUT2D eigenvalue weighted by atomic mass is 10.1. The second-order valence-corrected chi connectivity index (χ2v) is 4.29. The first kappa shape index (κ1) is 13.1. The molecule has 98 valence electrons. The van der Waals surface area contributed by atoms with Crippen molar-refractivity contribution >= 4 is 11.7 Å². The molecular weight excluding hydrogens is 245 g/mol. The Balaban J connectivity index is 2.22. The quantitative estimate of drug-likeness (QED) is 0.884. The van der Waals surface area contributed by atoms with Crippen molar-refractivity contribution in [1.82, 2.24) is 0 Å². The van der Waals surface area contributed by atoms with Crippen molar-refractivity contribution in [3.63, 3.8) is 0 Å². The second kappa shape index (κ2) is 5.52. The van der Waals surface area contributed by atoms with E-state index in [1.54, 1.807) is 24.3 Å². The molecule has 0 spiro atoms. The highest BCUT2D eigenvalue weighted by molar-refractivity contribution is 5.95. The van der Waals surface area contributed by atoms with E-state index in [1.807, 2.05) is 13.0 Å². The predicted octanol–water partition coefficient (Wildman–Crippen LogP) is 3.44. The molecule has 0 unspecified atom stereocenters. The number of rotatable bonds is 4. The summed E-state index contributed by atoms with van der Waals surface area (Å²) in [6, 6.07) is 11.3. The molecule has 0 saturated heterocycles. The van der Waals surface area contributed by atoms with Crippen molar-refractivity contribution in [2.24, 2.45) is 0 Å². The summed E-state index contributed by atoms with van der Waals surface area (Å²) in [5.74, 6) is -1.28. The Morgan fingerprint density at radius 3 is 2.68 bits per heavy atom. The minimum atomic E-state index is -0.981. The van der Waals surface area contributed by atoms with Gasteiger partial charge in [0.05, 0.1) is 11.3 Å². The minimum Gasteiger partial charge on any atom is -0.478 e. The summed E-state index contributed by atoms with van der Waals surface area (Å²) < 4.78 is 13.1. The van der Waals surface area contributed by atoms with E-state index < -0.39 is 5.97 Å². The Hall–Kier alpha value is -2.36. The molecule has 2 aromatic rings. The molecular formula is C15H14FNO2. The van der Waals surface area contributed by atoms with E-state index >= 15 is 0 Å². The number of halogens is 1. The van der Waals surface area contributed by atoms with Crippen LogP contribution in [0.4, 0.5) is 10.1 Å². The number of carbonyl (C=O) groups is 1. The molecule has 0 aliphatic heterocycles. The lowest BCUT2D eigenvalue weighted by Gasteiger charge is -2.12. The van der Waals surface area contributed by atoms with Crippen LogP contribution >= 0.6 is 0 Å². The number of para-hydroxylation sites is 1. The van der Waals surface area contributed by atoms with E-state index in [0.29, 0.717) is 12.2 Å². The minimum absolute atomic E-state index is 0.219. The van der Waals surface area contributed by atoms with Crippen molar-refractivity contribution in [3.05, 3.63) is 65.0 Å². The molecule has 2 aromatic carbocycles. The van der Waals surface area contributed by atoms with Gasteiger partial charge in [0.15, 0.2) is 0 Å². The predicted molar refractivity (Wildman–Crippen MR) is 71.9 cm³/mol. The fraction of sp³-hybridized carbons (Fsp3) is 0.133. The van der Waals surface area contributed by atoms with Crippen LogP contribution in [-0.2, 0) is 6.54 Å². The third kappa shape index (κ3) is 3.10.